The molecular weight excluding hydrogens is 341 g/mol. The van der Waals surface area contributed by atoms with Crippen LogP contribution in [0.4, 0.5) is 0 Å². The molecule has 0 spiro atoms. The first-order valence-corrected chi connectivity index (χ1v) is 10.2. The van der Waals surface area contributed by atoms with Crippen molar-refractivity contribution in [2.75, 3.05) is 6.16 Å². The number of carbonyl (C=O) groups is 1. The van der Waals surface area contributed by atoms with Crippen LogP contribution in [-0.4, -0.2) is 57.9 Å². The Morgan fingerprint density at radius 2 is 1.35 bits per heavy atom. The van der Waals surface area contributed by atoms with Crippen LogP contribution in [-0.2, 0) is 18.5 Å². The lowest BCUT2D eigenvalue weighted by molar-refractivity contribution is -0.137. The summed E-state index contributed by atoms with van der Waals surface area (Å²) in [6.45, 7) is 0. The minimum absolute atomic E-state index is 0.496. The Labute approximate surface area is 113 Å². The lowest BCUT2D eigenvalue weighted by Crippen LogP contribution is -2.34. The molecule has 0 aromatic heterocycles. The van der Waals surface area contributed by atoms with Crippen LogP contribution in [0.25, 0.3) is 0 Å². The molecule has 0 fully saturated rings. The van der Waals surface area contributed by atoms with Crippen molar-refractivity contribution >= 4 is 28.8 Å². The van der Waals surface area contributed by atoms with Crippen molar-refractivity contribution in [1.29, 1.82) is 0 Å². The zero-order valence-electron chi connectivity index (χ0n) is 9.88. The molecule has 0 bridgehead atoms. The standard InChI is InChI=1S/C6H15O11P3/c7-6(8)5(20(15,16)17)4(19(12,13)14)2-1-3-18(9,10)11/h4-5H,1-3H2,(H,7,8)(H2,9,10,11)(H2,12,13,14)(H2,15,16,17). The lowest BCUT2D eigenvalue weighted by atomic mass is 10.2. The Kier molecular flexibility index (Phi) is 6.76. The Bertz CT molecular complexity index is 482. The fourth-order valence-electron chi connectivity index (χ4n) is 1.55. The third-order valence-corrected chi connectivity index (χ3v) is 6.22. The van der Waals surface area contributed by atoms with Gasteiger partial charge in [0.25, 0.3) is 0 Å². The Morgan fingerprint density at radius 3 is 1.60 bits per heavy atom. The Balaban J connectivity index is 5.26. The van der Waals surface area contributed by atoms with Crippen LogP contribution in [0.3, 0.4) is 0 Å². The van der Waals surface area contributed by atoms with E-state index in [2.05, 4.69) is 0 Å². The predicted molar refractivity (Wildman–Crippen MR) is 65.4 cm³/mol. The highest BCUT2D eigenvalue weighted by Crippen LogP contribution is 2.56. The zero-order chi connectivity index (χ0) is 16.4. The van der Waals surface area contributed by atoms with Crippen LogP contribution in [0.15, 0.2) is 0 Å². The summed E-state index contributed by atoms with van der Waals surface area (Å²) in [5, 5.41) is 8.71. The molecular formula is C6H15O11P3. The number of rotatable bonds is 8. The Morgan fingerprint density at radius 1 is 0.900 bits per heavy atom. The van der Waals surface area contributed by atoms with E-state index in [0.717, 1.165) is 0 Å². The maximum absolute atomic E-state index is 11.2. The van der Waals surface area contributed by atoms with Crippen molar-refractivity contribution in [3.63, 3.8) is 0 Å². The monoisotopic (exact) mass is 356 g/mol. The molecule has 2 atom stereocenters. The molecule has 0 aliphatic rings. The van der Waals surface area contributed by atoms with E-state index in [1.807, 2.05) is 0 Å². The lowest BCUT2D eigenvalue weighted by Gasteiger charge is -2.25. The van der Waals surface area contributed by atoms with Gasteiger partial charge in [0.1, 0.15) is 0 Å². The predicted octanol–water partition coefficient (Wildman–Crippen LogP) is -0.879. The van der Waals surface area contributed by atoms with Crippen molar-refractivity contribution < 1.29 is 53.0 Å². The molecule has 0 aromatic carbocycles. The van der Waals surface area contributed by atoms with E-state index in [-0.39, 0.29) is 0 Å². The third-order valence-electron chi connectivity index (χ3n) is 2.36. The molecule has 11 nitrogen and oxygen atoms in total. The van der Waals surface area contributed by atoms with Gasteiger partial charge in [-0.1, -0.05) is 0 Å². The van der Waals surface area contributed by atoms with E-state index in [1.54, 1.807) is 0 Å². The van der Waals surface area contributed by atoms with Gasteiger partial charge in [-0.2, -0.15) is 0 Å². The number of carboxylic acid groups (broad SMARTS) is 1. The van der Waals surface area contributed by atoms with Crippen LogP contribution in [0.2, 0.25) is 0 Å². The molecule has 0 heterocycles. The van der Waals surface area contributed by atoms with E-state index < -0.39 is 59.1 Å². The van der Waals surface area contributed by atoms with Gasteiger partial charge in [-0.3, -0.25) is 18.5 Å². The topological polar surface area (TPSA) is 210 Å². The molecule has 0 aliphatic heterocycles. The first-order valence-electron chi connectivity index (χ1n) is 5.04. The van der Waals surface area contributed by atoms with E-state index in [4.69, 9.17) is 34.5 Å². The van der Waals surface area contributed by atoms with Gasteiger partial charge in [0.15, 0.2) is 5.66 Å². The average Bonchev–Trinajstić information content (AvgIpc) is 2.09. The van der Waals surface area contributed by atoms with Crippen LogP contribution in [0.5, 0.6) is 0 Å². The van der Waals surface area contributed by atoms with E-state index in [1.165, 1.54) is 0 Å². The first kappa shape index (κ1) is 19.9. The summed E-state index contributed by atoms with van der Waals surface area (Å²) in [7, 11) is -15.0. The van der Waals surface area contributed by atoms with E-state index in [0.29, 0.717) is 0 Å². The molecule has 0 saturated carbocycles. The van der Waals surface area contributed by atoms with Crippen LogP contribution in [0, 0.1) is 0 Å². The molecule has 0 amide bonds. The fourth-order valence-corrected chi connectivity index (χ4v) is 5.09. The van der Waals surface area contributed by atoms with Gasteiger partial charge in [-0.05, 0) is 12.8 Å². The molecule has 14 heteroatoms. The van der Waals surface area contributed by atoms with Crippen molar-refractivity contribution in [2.45, 2.75) is 24.2 Å². The second-order valence-electron chi connectivity index (χ2n) is 4.06. The normalized spacial score (nSPS) is 16.7. The van der Waals surface area contributed by atoms with E-state index in [9.17, 15) is 18.5 Å². The van der Waals surface area contributed by atoms with Gasteiger partial charge in [0.2, 0.25) is 0 Å². The van der Waals surface area contributed by atoms with Gasteiger partial charge < -0.3 is 34.5 Å². The number of aliphatic carboxylic acids is 1. The zero-order valence-corrected chi connectivity index (χ0v) is 12.6. The van der Waals surface area contributed by atoms with Crippen molar-refractivity contribution in [2.24, 2.45) is 0 Å². The molecule has 0 rings (SSSR count). The smallest absolute Gasteiger partial charge is 0.340 e. The second kappa shape index (κ2) is 6.79. The molecule has 0 saturated heterocycles. The summed E-state index contributed by atoms with van der Waals surface area (Å²) < 4.78 is 32.8. The van der Waals surface area contributed by atoms with Gasteiger partial charge >= 0.3 is 28.8 Å². The van der Waals surface area contributed by atoms with Crippen molar-refractivity contribution in [1.82, 2.24) is 0 Å². The highest BCUT2D eigenvalue weighted by Gasteiger charge is 2.49. The molecule has 0 radical (unpaired) electrons. The van der Waals surface area contributed by atoms with Crippen molar-refractivity contribution in [3.8, 4) is 0 Å². The van der Waals surface area contributed by atoms with Gasteiger partial charge in [0.05, 0.1) is 5.66 Å². The summed E-state index contributed by atoms with van der Waals surface area (Å²) in [6.07, 6.45) is -2.03. The number of hydrogen-bond acceptors (Lipinski definition) is 4. The fraction of sp³-hybridized carbons (Fsp3) is 0.833. The highest BCUT2D eigenvalue weighted by molar-refractivity contribution is 7.58. The van der Waals surface area contributed by atoms with Gasteiger partial charge in [-0.15, -0.1) is 0 Å². The second-order valence-corrected chi connectivity index (χ2v) is 9.41. The summed E-state index contributed by atoms with van der Waals surface area (Å²) in [5.74, 6) is -2.09. The number of hydrogen-bond donors (Lipinski definition) is 7. The SMILES string of the molecule is O=C(O)C(C(CCCP(=O)(O)O)P(=O)(O)O)P(=O)(O)O. The maximum atomic E-state index is 11.2. The molecule has 0 aliphatic carbocycles. The van der Waals surface area contributed by atoms with Crippen LogP contribution >= 0.6 is 22.8 Å². The Hall–Kier alpha value is -0.0800. The molecule has 7 N–H and O–H groups in total. The van der Waals surface area contributed by atoms with Gasteiger partial charge in [-0.25, -0.2) is 0 Å². The minimum atomic E-state index is -5.35. The maximum Gasteiger partial charge on any atom is 0.340 e. The molecule has 120 valence electrons. The summed E-state index contributed by atoms with van der Waals surface area (Å²) in [5.41, 5.74) is -4.87. The van der Waals surface area contributed by atoms with E-state index >= 15 is 0 Å². The van der Waals surface area contributed by atoms with Crippen LogP contribution in [0.1, 0.15) is 12.8 Å². The summed E-state index contributed by atoms with van der Waals surface area (Å²) in [6, 6.07) is 0. The third kappa shape index (κ3) is 7.08. The highest BCUT2D eigenvalue weighted by atomic mass is 31.2. The minimum Gasteiger partial charge on any atom is -0.481 e. The molecule has 20 heavy (non-hydrogen) atoms. The largest absolute Gasteiger partial charge is 0.481 e. The summed E-state index contributed by atoms with van der Waals surface area (Å²) >= 11 is 0. The van der Waals surface area contributed by atoms with Gasteiger partial charge in [0, 0.05) is 6.16 Å². The molecule has 0 aromatic rings. The van der Waals surface area contributed by atoms with Crippen LogP contribution < -0.4 is 0 Å². The summed E-state index contributed by atoms with van der Waals surface area (Å²) in [4.78, 5) is 63.7. The average molecular weight is 356 g/mol. The van der Waals surface area contributed by atoms with Crippen molar-refractivity contribution in [3.05, 3.63) is 0 Å². The number of carboxylic acids is 1. The first-order chi connectivity index (χ1) is 8.66. The molecule has 2 unspecified atom stereocenters. The quantitative estimate of drug-likeness (QED) is 0.265.